The SMILES string of the molecule is CCNC(=O)NCCn1ccnc1C1CC1. The maximum absolute atomic E-state index is 11.2. The van der Waals surface area contributed by atoms with Crippen LogP contribution in [0.25, 0.3) is 0 Å². The Morgan fingerprint density at radius 3 is 3.06 bits per heavy atom. The predicted molar refractivity (Wildman–Crippen MR) is 61.3 cm³/mol. The van der Waals surface area contributed by atoms with Gasteiger partial charge < -0.3 is 15.2 Å². The number of nitrogens with zero attached hydrogens (tertiary/aromatic N) is 2. The van der Waals surface area contributed by atoms with E-state index < -0.39 is 0 Å². The van der Waals surface area contributed by atoms with Crippen molar-refractivity contribution in [3.8, 4) is 0 Å². The normalized spacial score (nSPS) is 14.8. The molecule has 1 aliphatic rings. The third-order valence-electron chi connectivity index (χ3n) is 2.67. The molecule has 1 heterocycles. The summed E-state index contributed by atoms with van der Waals surface area (Å²) in [5.41, 5.74) is 0. The molecule has 1 aliphatic carbocycles. The van der Waals surface area contributed by atoms with Gasteiger partial charge in [-0.3, -0.25) is 0 Å². The molecule has 88 valence electrons. The van der Waals surface area contributed by atoms with Crippen molar-refractivity contribution in [1.29, 1.82) is 0 Å². The molecule has 2 rings (SSSR count). The molecule has 0 aromatic carbocycles. The Morgan fingerprint density at radius 1 is 1.56 bits per heavy atom. The highest BCUT2D eigenvalue weighted by Gasteiger charge is 2.27. The van der Waals surface area contributed by atoms with Crippen LogP contribution in [0.2, 0.25) is 0 Å². The Balaban J connectivity index is 1.76. The average molecular weight is 222 g/mol. The van der Waals surface area contributed by atoms with E-state index in [1.165, 1.54) is 12.8 Å². The smallest absolute Gasteiger partial charge is 0.314 e. The second kappa shape index (κ2) is 5.01. The molecular weight excluding hydrogens is 204 g/mol. The standard InChI is InChI=1S/C11H18N4O/c1-2-12-11(16)14-6-8-15-7-5-13-10(15)9-3-4-9/h5,7,9H,2-4,6,8H2,1H3,(H2,12,14,16). The first-order valence-electron chi connectivity index (χ1n) is 5.84. The number of urea groups is 1. The third-order valence-corrected chi connectivity index (χ3v) is 2.67. The predicted octanol–water partition coefficient (Wildman–Crippen LogP) is 1.08. The van der Waals surface area contributed by atoms with E-state index in [1.807, 2.05) is 19.3 Å². The van der Waals surface area contributed by atoms with Crippen molar-refractivity contribution in [2.24, 2.45) is 0 Å². The summed E-state index contributed by atoms with van der Waals surface area (Å²) in [5.74, 6) is 1.82. The molecule has 16 heavy (non-hydrogen) atoms. The molecule has 1 fully saturated rings. The molecule has 0 aliphatic heterocycles. The number of imidazole rings is 1. The van der Waals surface area contributed by atoms with Crippen molar-refractivity contribution < 1.29 is 4.79 Å². The molecule has 1 saturated carbocycles. The van der Waals surface area contributed by atoms with E-state index in [4.69, 9.17) is 0 Å². The van der Waals surface area contributed by atoms with E-state index in [-0.39, 0.29) is 6.03 Å². The molecule has 2 N–H and O–H groups in total. The number of carbonyl (C=O) groups excluding carboxylic acids is 1. The minimum Gasteiger partial charge on any atom is -0.338 e. The Morgan fingerprint density at radius 2 is 2.38 bits per heavy atom. The minimum absolute atomic E-state index is 0.101. The van der Waals surface area contributed by atoms with Crippen LogP contribution in [-0.2, 0) is 6.54 Å². The van der Waals surface area contributed by atoms with Crippen LogP contribution in [0.1, 0.15) is 31.5 Å². The van der Waals surface area contributed by atoms with Gasteiger partial charge in [0.15, 0.2) is 0 Å². The molecule has 0 unspecified atom stereocenters. The molecule has 2 amide bonds. The van der Waals surface area contributed by atoms with E-state index in [9.17, 15) is 4.79 Å². The van der Waals surface area contributed by atoms with Crippen LogP contribution in [0, 0.1) is 0 Å². The van der Waals surface area contributed by atoms with Gasteiger partial charge in [0.1, 0.15) is 5.82 Å². The number of hydrogen-bond donors (Lipinski definition) is 2. The van der Waals surface area contributed by atoms with Gasteiger partial charge in [0.05, 0.1) is 0 Å². The number of carbonyl (C=O) groups is 1. The van der Waals surface area contributed by atoms with Gasteiger partial charge in [0.25, 0.3) is 0 Å². The molecule has 1 aromatic rings. The van der Waals surface area contributed by atoms with Gasteiger partial charge >= 0.3 is 6.03 Å². The van der Waals surface area contributed by atoms with Gasteiger partial charge in [-0.15, -0.1) is 0 Å². The van der Waals surface area contributed by atoms with E-state index in [0.717, 1.165) is 12.4 Å². The first kappa shape index (κ1) is 11.0. The maximum atomic E-state index is 11.2. The second-order valence-corrected chi connectivity index (χ2v) is 4.04. The lowest BCUT2D eigenvalue weighted by atomic mass is 10.4. The summed E-state index contributed by atoms with van der Waals surface area (Å²) in [6.07, 6.45) is 6.31. The van der Waals surface area contributed by atoms with Gasteiger partial charge in [0, 0.05) is 37.9 Å². The number of nitrogens with one attached hydrogen (secondary N) is 2. The lowest BCUT2D eigenvalue weighted by Crippen LogP contribution is -2.37. The average Bonchev–Trinajstić information content (AvgIpc) is 3.00. The van der Waals surface area contributed by atoms with Crippen molar-refractivity contribution >= 4 is 6.03 Å². The van der Waals surface area contributed by atoms with Crippen molar-refractivity contribution in [1.82, 2.24) is 20.2 Å². The minimum atomic E-state index is -0.101. The van der Waals surface area contributed by atoms with Gasteiger partial charge in [-0.2, -0.15) is 0 Å². The van der Waals surface area contributed by atoms with E-state index >= 15 is 0 Å². The molecule has 0 spiro atoms. The van der Waals surface area contributed by atoms with Gasteiger partial charge in [-0.1, -0.05) is 0 Å². The van der Waals surface area contributed by atoms with Crippen LogP contribution < -0.4 is 10.6 Å². The third kappa shape index (κ3) is 2.74. The van der Waals surface area contributed by atoms with Crippen molar-refractivity contribution in [3.05, 3.63) is 18.2 Å². The topological polar surface area (TPSA) is 59.0 Å². The Labute approximate surface area is 95.2 Å². The zero-order valence-corrected chi connectivity index (χ0v) is 9.57. The second-order valence-electron chi connectivity index (χ2n) is 4.04. The summed E-state index contributed by atoms with van der Waals surface area (Å²) in [6.45, 7) is 4.00. The quantitative estimate of drug-likeness (QED) is 0.783. The monoisotopic (exact) mass is 222 g/mol. The molecule has 0 radical (unpaired) electrons. The molecule has 0 saturated heterocycles. The Hall–Kier alpha value is -1.52. The largest absolute Gasteiger partial charge is 0.338 e. The fourth-order valence-electron chi connectivity index (χ4n) is 1.72. The number of rotatable bonds is 5. The molecular formula is C11H18N4O. The maximum Gasteiger partial charge on any atom is 0.314 e. The first-order valence-corrected chi connectivity index (χ1v) is 5.84. The summed E-state index contributed by atoms with van der Waals surface area (Å²) in [5, 5.41) is 5.51. The molecule has 5 heteroatoms. The fourth-order valence-corrected chi connectivity index (χ4v) is 1.72. The van der Waals surface area contributed by atoms with E-state index in [0.29, 0.717) is 19.0 Å². The highest BCUT2D eigenvalue weighted by atomic mass is 16.2. The van der Waals surface area contributed by atoms with Crippen molar-refractivity contribution in [2.45, 2.75) is 32.2 Å². The molecule has 5 nitrogen and oxygen atoms in total. The van der Waals surface area contributed by atoms with Crippen molar-refractivity contribution in [3.63, 3.8) is 0 Å². The van der Waals surface area contributed by atoms with Crippen LogP contribution in [0.5, 0.6) is 0 Å². The molecule has 0 atom stereocenters. The Kier molecular flexibility index (Phi) is 3.44. The van der Waals surface area contributed by atoms with E-state index in [1.54, 1.807) is 0 Å². The molecule has 1 aromatic heterocycles. The summed E-state index contributed by atoms with van der Waals surface area (Å²) in [4.78, 5) is 15.5. The van der Waals surface area contributed by atoms with Crippen LogP contribution in [0.15, 0.2) is 12.4 Å². The van der Waals surface area contributed by atoms with Crippen LogP contribution >= 0.6 is 0 Å². The zero-order valence-electron chi connectivity index (χ0n) is 9.57. The van der Waals surface area contributed by atoms with Crippen LogP contribution in [0.3, 0.4) is 0 Å². The van der Waals surface area contributed by atoms with Gasteiger partial charge in [-0.25, -0.2) is 9.78 Å². The van der Waals surface area contributed by atoms with Crippen LogP contribution in [-0.4, -0.2) is 28.7 Å². The summed E-state index contributed by atoms with van der Waals surface area (Å²) >= 11 is 0. The lowest BCUT2D eigenvalue weighted by molar-refractivity contribution is 0.241. The number of amides is 2. The summed E-state index contributed by atoms with van der Waals surface area (Å²) < 4.78 is 2.13. The van der Waals surface area contributed by atoms with E-state index in [2.05, 4.69) is 20.2 Å². The zero-order chi connectivity index (χ0) is 11.4. The first-order chi connectivity index (χ1) is 7.81. The van der Waals surface area contributed by atoms with Crippen LogP contribution in [0.4, 0.5) is 4.79 Å². The Bertz CT molecular complexity index is 357. The number of aromatic nitrogens is 2. The van der Waals surface area contributed by atoms with Crippen molar-refractivity contribution in [2.75, 3.05) is 13.1 Å². The fraction of sp³-hybridized carbons (Fsp3) is 0.636. The molecule has 0 bridgehead atoms. The summed E-state index contributed by atoms with van der Waals surface area (Å²) in [6, 6.07) is -0.101. The number of hydrogen-bond acceptors (Lipinski definition) is 2. The van der Waals surface area contributed by atoms with Gasteiger partial charge in [-0.05, 0) is 19.8 Å². The lowest BCUT2D eigenvalue weighted by Gasteiger charge is -2.08. The highest BCUT2D eigenvalue weighted by Crippen LogP contribution is 2.38. The summed E-state index contributed by atoms with van der Waals surface area (Å²) in [7, 11) is 0. The highest BCUT2D eigenvalue weighted by molar-refractivity contribution is 5.73. The van der Waals surface area contributed by atoms with Gasteiger partial charge in [0.2, 0.25) is 0 Å².